The number of aromatic hydroxyl groups is 1. The van der Waals surface area contributed by atoms with Crippen molar-refractivity contribution in [3.63, 3.8) is 0 Å². The van der Waals surface area contributed by atoms with Crippen molar-refractivity contribution in [1.82, 2.24) is 14.5 Å². The lowest BCUT2D eigenvalue weighted by Gasteiger charge is -2.32. The maximum Gasteiger partial charge on any atom is 0.149 e. The van der Waals surface area contributed by atoms with Gasteiger partial charge in [-0.1, -0.05) is 193 Å². The highest BCUT2D eigenvalue weighted by molar-refractivity contribution is 5.97. The number of phenols is 1. The normalized spacial score (nSPS) is 12.1. The lowest BCUT2D eigenvalue weighted by molar-refractivity contribution is 0.477. The van der Waals surface area contributed by atoms with Gasteiger partial charge in [-0.3, -0.25) is 9.55 Å². The minimum Gasteiger partial charge on any atom is -0.507 e. The van der Waals surface area contributed by atoms with Gasteiger partial charge in [0, 0.05) is 28.3 Å². The fraction of sp³-hybridized carbons (Fsp3) is 0.156. The molecule has 0 aliphatic heterocycles. The summed E-state index contributed by atoms with van der Waals surface area (Å²) < 4.78 is 2.23. The molecule has 0 saturated heterocycles. The van der Waals surface area contributed by atoms with E-state index in [-0.39, 0.29) is 22.0 Å². The second-order valence-corrected chi connectivity index (χ2v) is 20.2. The smallest absolute Gasteiger partial charge is 0.149 e. The van der Waals surface area contributed by atoms with Gasteiger partial charge < -0.3 is 5.11 Å². The largest absolute Gasteiger partial charge is 0.507 e. The quantitative estimate of drug-likeness (QED) is 0.147. The number of pyridine rings is 1. The Kier molecular flexibility index (Phi) is 11.3. The van der Waals surface area contributed by atoms with E-state index in [1.807, 2.05) is 24.4 Å². The van der Waals surface area contributed by atoms with Crippen molar-refractivity contribution in [2.45, 2.75) is 64.7 Å². The van der Waals surface area contributed by atoms with E-state index < -0.39 is 0 Å². The van der Waals surface area contributed by atoms with Crippen LogP contribution in [-0.4, -0.2) is 19.6 Å². The zero-order chi connectivity index (χ0) is 47.2. The molecular weight excluding hydrogens is 827 g/mol. The Morgan fingerprint density at radius 3 is 1.62 bits per heavy atom. The summed E-state index contributed by atoms with van der Waals surface area (Å²) in [6, 6.07) is 73.1. The molecule has 2 heterocycles. The number of aromatic nitrogens is 3. The lowest BCUT2D eigenvalue weighted by atomic mass is 9.71. The van der Waals surface area contributed by atoms with E-state index in [4.69, 9.17) is 9.97 Å². The molecule has 0 radical (unpaired) electrons. The summed E-state index contributed by atoms with van der Waals surface area (Å²) >= 11 is 0. The van der Waals surface area contributed by atoms with Crippen molar-refractivity contribution < 1.29 is 5.11 Å². The molecule has 10 aromatic rings. The van der Waals surface area contributed by atoms with Crippen LogP contribution in [0.1, 0.15) is 76.3 Å². The summed E-state index contributed by atoms with van der Waals surface area (Å²) in [4.78, 5) is 10.5. The standard InChI is InChI=1S/C64H57N3O/c1-62(2,3)51-34-35-57(55(42-51)44-20-11-8-12-21-44)67-58-28-19-27-53(60(58)66-61(67)54-26-17-18-29-59(54)68)46-38-47(40-52(39-46)63(4,5)6)56-41-45(36-37-65-56)43-30-32-50(33-31-43)64(7,48-22-13-9-14-23-48)49-24-15-10-16-25-49/h8-42,68H,1-7H3. The van der Waals surface area contributed by atoms with Crippen LogP contribution in [0.3, 0.4) is 0 Å². The Bertz CT molecular complexity index is 3370. The predicted molar refractivity (Wildman–Crippen MR) is 284 cm³/mol. The highest BCUT2D eigenvalue weighted by atomic mass is 16.3. The van der Waals surface area contributed by atoms with E-state index in [1.54, 1.807) is 6.07 Å². The second-order valence-electron chi connectivity index (χ2n) is 20.2. The molecule has 0 spiro atoms. The van der Waals surface area contributed by atoms with Gasteiger partial charge in [-0.25, -0.2) is 4.98 Å². The highest BCUT2D eigenvalue weighted by Crippen LogP contribution is 2.44. The number of fused-ring (bicyclic) bond motifs is 1. The minimum atomic E-state index is -0.323. The topological polar surface area (TPSA) is 50.9 Å². The molecule has 10 rings (SSSR count). The van der Waals surface area contributed by atoms with Crippen LogP contribution in [0.2, 0.25) is 0 Å². The molecule has 0 amide bonds. The van der Waals surface area contributed by atoms with E-state index in [1.165, 1.54) is 27.8 Å². The third-order valence-corrected chi connectivity index (χ3v) is 13.7. The maximum absolute atomic E-state index is 11.5. The van der Waals surface area contributed by atoms with Crippen LogP contribution in [0.4, 0.5) is 0 Å². The molecule has 4 heteroatoms. The first-order valence-corrected chi connectivity index (χ1v) is 23.6. The van der Waals surface area contributed by atoms with Gasteiger partial charge in [0.05, 0.1) is 28.0 Å². The third kappa shape index (κ3) is 8.21. The van der Waals surface area contributed by atoms with Crippen LogP contribution in [0.5, 0.6) is 5.75 Å². The Morgan fingerprint density at radius 2 is 0.971 bits per heavy atom. The molecule has 0 aliphatic carbocycles. The number of hydrogen-bond donors (Lipinski definition) is 1. The SMILES string of the molecule is CC(C)(C)c1cc(-c2cc(-c3ccc(C(C)(c4ccccc4)c4ccccc4)cc3)ccn2)cc(-c2cccc3c2nc(-c2ccccc2O)n3-c2ccc(C(C)(C)C)cc2-c2ccccc2)c1. The molecule has 0 bridgehead atoms. The number of benzene rings is 8. The van der Waals surface area contributed by atoms with Crippen LogP contribution in [0, 0.1) is 0 Å². The first-order chi connectivity index (χ1) is 32.8. The molecule has 2 aromatic heterocycles. The Balaban J connectivity index is 1.11. The average molecular weight is 884 g/mol. The molecule has 4 nitrogen and oxygen atoms in total. The molecular formula is C64H57N3O. The van der Waals surface area contributed by atoms with Crippen molar-refractivity contribution in [3.8, 4) is 67.5 Å². The summed E-state index contributed by atoms with van der Waals surface area (Å²) in [5, 5.41) is 11.5. The van der Waals surface area contributed by atoms with E-state index in [9.17, 15) is 5.11 Å². The van der Waals surface area contributed by atoms with Crippen LogP contribution in [-0.2, 0) is 16.2 Å². The van der Waals surface area contributed by atoms with Gasteiger partial charge in [-0.2, -0.15) is 0 Å². The molecule has 0 unspecified atom stereocenters. The van der Waals surface area contributed by atoms with Crippen molar-refractivity contribution in [3.05, 3.63) is 240 Å². The number of imidazole rings is 1. The first-order valence-electron chi connectivity index (χ1n) is 23.6. The Labute approximate surface area is 401 Å². The molecule has 334 valence electrons. The number of rotatable bonds is 9. The molecule has 8 aromatic carbocycles. The lowest BCUT2D eigenvalue weighted by Crippen LogP contribution is -2.25. The van der Waals surface area contributed by atoms with Crippen LogP contribution < -0.4 is 0 Å². The fourth-order valence-electron chi connectivity index (χ4n) is 9.64. The van der Waals surface area contributed by atoms with E-state index >= 15 is 0 Å². The van der Waals surface area contributed by atoms with Gasteiger partial charge in [0.15, 0.2) is 0 Å². The Morgan fingerprint density at radius 1 is 0.397 bits per heavy atom. The monoisotopic (exact) mass is 883 g/mol. The van der Waals surface area contributed by atoms with Gasteiger partial charge in [0.1, 0.15) is 11.6 Å². The number of phenolic OH excluding ortho intramolecular Hbond substituents is 1. The minimum absolute atomic E-state index is 0.0608. The summed E-state index contributed by atoms with van der Waals surface area (Å²) in [6.07, 6.45) is 1.93. The Hall–Kier alpha value is -7.82. The first kappa shape index (κ1) is 44.0. The average Bonchev–Trinajstić information content (AvgIpc) is 3.76. The van der Waals surface area contributed by atoms with Crippen LogP contribution >= 0.6 is 0 Å². The summed E-state index contributed by atoms with van der Waals surface area (Å²) in [5.41, 5.74) is 17.5. The molecule has 68 heavy (non-hydrogen) atoms. The molecule has 1 N–H and O–H groups in total. The van der Waals surface area contributed by atoms with Gasteiger partial charge in [0.25, 0.3) is 0 Å². The van der Waals surface area contributed by atoms with Crippen molar-refractivity contribution in [2.24, 2.45) is 0 Å². The van der Waals surface area contributed by atoms with Gasteiger partial charge >= 0.3 is 0 Å². The van der Waals surface area contributed by atoms with Gasteiger partial charge in [0.2, 0.25) is 0 Å². The summed E-state index contributed by atoms with van der Waals surface area (Å²) in [7, 11) is 0. The predicted octanol–water partition coefficient (Wildman–Crippen LogP) is 16.4. The zero-order valence-corrected chi connectivity index (χ0v) is 40.0. The number of para-hydroxylation sites is 2. The van der Waals surface area contributed by atoms with E-state index in [0.717, 1.165) is 61.4 Å². The van der Waals surface area contributed by atoms with E-state index in [2.05, 4.69) is 235 Å². The molecule has 0 saturated carbocycles. The maximum atomic E-state index is 11.5. The molecule has 0 fully saturated rings. The van der Waals surface area contributed by atoms with Crippen molar-refractivity contribution in [1.29, 1.82) is 0 Å². The highest BCUT2D eigenvalue weighted by Gasteiger charge is 2.31. The number of hydrogen-bond acceptors (Lipinski definition) is 3. The van der Waals surface area contributed by atoms with E-state index in [0.29, 0.717) is 11.4 Å². The zero-order valence-electron chi connectivity index (χ0n) is 40.0. The molecule has 0 aliphatic rings. The summed E-state index contributed by atoms with van der Waals surface area (Å²) in [6.45, 7) is 15.9. The van der Waals surface area contributed by atoms with Gasteiger partial charge in [-0.15, -0.1) is 0 Å². The van der Waals surface area contributed by atoms with Gasteiger partial charge in [-0.05, 0) is 122 Å². The third-order valence-electron chi connectivity index (χ3n) is 13.7. The van der Waals surface area contributed by atoms with Crippen molar-refractivity contribution in [2.75, 3.05) is 0 Å². The second kappa shape index (κ2) is 17.4. The molecule has 0 atom stereocenters. The van der Waals surface area contributed by atoms with Crippen molar-refractivity contribution >= 4 is 11.0 Å². The summed E-state index contributed by atoms with van der Waals surface area (Å²) in [5.74, 6) is 0.851. The van der Waals surface area contributed by atoms with Crippen LogP contribution in [0.15, 0.2) is 212 Å². The number of nitrogens with zero attached hydrogens (tertiary/aromatic N) is 3. The fourth-order valence-corrected chi connectivity index (χ4v) is 9.64. The van der Waals surface area contributed by atoms with Crippen LogP contribution in [0.25, 0.3) is 72.7 Å².